The minimum absolute atomic E-state index is 0. The van der Waals surface area contributed by atoms with Crippen LogP contribution in [0.2, 0.25) is 0 Å². The van der Waals surface area contributed by atoms with Crippen molar-refractivity contribution in [3.8, 4) is 0 Å². The molecule has 128 valence electrons. The molecule has 1 aliphatic heterocycles. The highest BCUT2D eigenvalue weighted by Crippen LogP contribution is 2.48. The van der Waals surface area contributed by atoms with Crippen LogP contribution in [0.3, 0.4) is 0 Å². The monoisotopic (exact) mass is 433 g/mol. The first-order valence-electron chi connectivity index (χ1n) is 8.05. The van der Waals surface area contributed by atoms with E-state index in [2.05, 4.69) is 15.6 Å². The Morgan fingerprint density at radius 3 is 2.74 bits per heavy atom. The second-order valence-electron chi connectivity index (χ2n) is 6.20. The maximum atomic E-state index is 14.0. The van der Waals surface area contributed by atoms with Gasteiger partial charge in [-0.1, -0.05) is 18.2 Å². The van der Waals surface area contributed by atoms with Gasteiger partial charge in [-0.05, 0) is 37.3 Å². The van der Waals surface area contributed by atoms with Crippen LogP contribution in [-0.4, -0.2) is 38.8 Å². The zero-order valence-corrected chi connectivity index (χ0v) is 15.8. The molecular weight excluding hydrogens is 408 g/mol. The Labute approximate surface area is 154 Å². The van der Waals surface area contributed by atoms with E-state index < -0.39 is 0 Å². The SMILES string of the molecule is CN=C(NCC1CCCO1)NCC1(c2ccccc2F)CC1.I. The van der Waals surface area contributed by atoms with Crippen LogP contribution < -0.4 is 10.6 Å². The fraction of sp³-hybridized carbons (Fsp3) is 0.588. The van der Waals surface area contributed by atoms with Crippen molar-refractivity contribution < 1.29 is 9.13 Å². The largest absolute Gasteiger partial charge is 0.376 e. The summed E-state index contributed by atoms with van der Waals surface area (Å²) < 4.78 is 19.6. The lowest BCUT2D eigenvalue weighted by Crippen LogP contribution is -2.43. The Morgan fingerprint density at radius 2 is 2.13 bits per heavy atom. The summed E-state index contributed by atoms with van der Waals surface area (Å²) in [5.41, 5.74) is 0.740. The molecule has 1 aliphatic carbocycles. The molecule has 0 amide bonds. The van der Waals surface area contributed by atoms with Gasteiger partial charge in [-0.2, -0.15) is 0 Å². The topological polar surface area (TPSA) is 45.7 Å². The molecule has 6 heteroatoms. The van der Waals surface area contributed by atoms with Crippen molar-refractivity contribution in [2.75, 3.05) is 26.7 Å². The van der Waals surface area contributed by atoms with E-state index in [1.54, 1.807) is 19.2 Å². The van der Waals surface area contributed by atoms with Crippen molar-refractivity contribution in [3.05, 3.63) is 35.6 Å². The second kappa shape index (κ2) is 8.28. The average Bonchev–Trinajstić information content (AvgIpc) is 3.13. The van der Waals surface area contributed by atoms with Crippen LogP contribution in [0.5, 0.6) is 0 Å². The molecule has 23 heavy (non-hydrogen) atoms. The molecule has 0 radical (unpaired) electrons. The van der Waals surface area contributed by atoms with E-state index in [0.29, 0.717) is 6.54 Å². The lowest BCUT2D eigenvalue weighted by molar-refractivity contribution is 0.114. The third kappa shape index (κ3) is 4.56. The molecule has 1 atom stereocenters. The molecule has 0 spiro atoms. The summed E-state index contributed by atoms with van der Waals surface area (Å²) in [6.07, 6.45) is 4.55. The van der Waals surface area contributed by atoms with Gasteiger partial charge in [0.1, 0.15) is 5.82 Å². The molecule has 1 unspecified atom stereocenters. The number of nitrogens with one attached hydrogen (secondary N) is 2. The molecule has 2 N–H and O–H groups in total. The fourth-order valence-electron chi connectivity index (χ4n) is 3.07. The summed E-state index contributed by atoms with van der Waals surface area (Å²) in [6.45, 7) is 2.33. The Hall–Kier alpha value is -0.890. The highest BCUT2D eigenvalue weighted by molar-refractivity contribution is 14.0. The van der Waals surface area contributed by atoms with Crippen LogP contribution in [0.25, 0.3) is 0 Å². The molecule has 2 aliphatic rings. The van der Waals surface area contributed by atoms with E-state index in [0.717, 1.165) is 50.4 Å². The maximum absolute atomic E-state index is 14.0. The number of hydrogen-bond donors (Lipinski definition) is 2. The fourth-order valence-corrected chi connectivity index (χ4v) is 3.07. The van der Waals surface area contributed by atoms with Crippen molar-refractivity contribution in [2.24, 2.45) is 4.99 Å². The van der Waals surface area contributed by atoms with Gasteiger partial charge in [0.15, 0.2) is 5.96 Å². The average molecular weight is 433 g/mol. The summed E-state index contributed by atoms with van der Waals surface area (Å²) in [5.74, 6) is 0.655. The zero-order chi connectivity index (χ0) is 15.4. The van der Waals surface area contributed by atoms with Gasteiger partial charge in [0.05, 0.1) is 6.10 Å². The number of ether oxygens (including phenoxy) is 1. The Bertz CT molecular complexity index is 542. The van der Waals surface area contributed by atoms with Gasteiger partial charge in [0, 0.05) is 32.2 Å². The predicted molar refractivity (Wildman–Crippen MR) is 101 cm³/mol. The van der Waals surface area contributed by atoms with Crippen molar-refractivity contribution in [2.45, 2.75) is 37.2 Å². The first kappa shape index (κ1) is 18.4. The van der Waals surface area contributed by atoms with Crippen LogP contribution in [-0.2, 0) is 10.2 Å². The van der Waals surface area contributed by atoms with Gasteiger partial charge in [-0.3, -0.25) is 4.99 Å². The van der Waals surface area contributed by atoms with E-state index in [4.69, 9.17) is 4.74 Å². The van der Waals surface area contributed by atoms with Crippen LogP contribution in [0.1, 0.15) is 31.2 Å². The molecule has 0 bridgehead atoms. The Morgan fingerprint density at radius 1 is 1.35 bits per heavy atom. The highest BCUT2D eigenvalue weighted by atomic mass is 127. The van der Waals surface area contributed by atoms with E-state index in [-0.39, 0.29) is 41.3 Å². The number of benzene rings is 1. The third-order valence-corrected chi connectivity index (χ3v) is 4.64. The van der Waals surface area contributed by atoms with Gasteiger partial charge < -0.3 is 15.4 Å². The lowest BCUT2D eigenvalue weighted by atomic mass is 9.95. The number of halogens is 2. The number of nitrogens with zero attached hydrogens (tertiary/aromatic N) is 1. The summed E-state index contributed by atoms with van der Waals surface area (Å²) in [6, 6.07) is 7.08. The molecule has 1 heterocycles. The standard InChI is InChI=1S/C17H24FN3O.HI/c1-19-16(20-11-13-5-4-10-22-13)21-12-17(8-9-17)14-6-2-3-7-15(14)18;/h2-3,6-7,13H,4-5,8-12H2,1H3,(H2,19,20,21);1H. The molecule has 0 aromatic heterocycles. The van der Waals surface area contributed by atoms with Gasteiger partial charge in [0.2, 0.25) is 0 Å². The van der Waals surface area contributed by atoms with Crippen molar-refractivity contribution >= 4 is 29.9 Å². The van der Waals surface area contributed by atoms with Gasteiger partial charge in [0.25, 0.3) is 0 Å². The van der Waals surface area contributed by atoms with Crippen molar-refractivity contribution in [3.63, 3.8) is 0 Å². The number of rotatable bonds is 5. The second-order valence-corrected chi connectivity index (χ2v) is 6.20. The number of aliphatic imine (C=N–C) groups is 1. The number of hydrogen-bond acceptors (Lipinski definition) is 2. The number of guanidine groups is 1. The van der Waals surface area contributed by atoms with Crippen molar-refractivity contribution in [1.82, 2.24) is 10.6 Å². The smallest absolute Gasteiger partial charge is 0.191 e. The van der Waals surface area contributed by atoms with Crippen LogP contribution in [0, 0.1) is 5.82 Å². The first-order valence-corrected chi connectivity index (χ1v) is 8.05. The molecule has 1 saturated carbocycles. The maximum Gasteiger partial charge on any atom is 0.191 e. The highest BCUT2D eigenvalue weighted by Gasteiger charge is 2.45. The van der Waals surface area contributed by atoms with Gasteiger partial charge >= 0.3 is 0 Å². The summed E-state index contributed by atoms with van der Waals surface area (Å²) in [4.78, 5) is 4.24. The molecule has 1 aromatic carbocycles. The van der Waals surface area contributed by atoms with Gasteiger partial charge in [-0.15, -0.1) is 24.0 Å². The van der Waals surface area contributed by atoms with Crippen LogP contribution in [0.15, 0.2) is 29.3 Å². The first-order chi connectivity index (χ1) is 10.7. The normalized spacial score (nSPS) is 22.3. The molecule has 1 saturated heterocycles. The minimum Gasteiger partial charge on any atom is -0.376 e. The molecule has 4 nitrogen and oxygen atoms in total. The molecule has 2 fully saturated rings. The Kier molecular flexibility index (Phi) is 6.64. The van der Waals surface area contributed by atoms with Gasteiger partial charge in [-0.25, -0.2) is 4.39 Å². The lowest BCUT2D eigenvalue weighted by Gasteiger charge is -2.20. The molecule has 3 rings (SSSR count). The summed E-state index contributed by atoms with van der Waals surface area (Å²) >= 11 is 0. The van der Waals surface area contributed by atoms with E-state index in [9.17, 15) is 4.39 Å². The van der Waals surface area contributed by atoms with E-state index in [1.165, 1.54) is 0 Å². The molecule has 1 aromatic rings. The minimum atomic E-state index is -0.107. The van der Waals surface area contributed by atoms with Crippen LogP contribution >= 0.6 is 24.0 Å². The van der Waals surface area contributed by atoms with E-state index >= 15 is 0 Å². The van der Waals surface area contributed by atoms with Crippen molar-refractivity contribution in [1.29, 1.82) is 0 Å². The van der Waals surface area contributed by atoms with E-state index in [1.807, 2.05) is 12.1 Å². The van der Waals surface area contributed by atoms with Crippen LogP contribution in [0.4, 0.5) is 4.39 Å². The summed E-state index contributed by atoms with van der Waals surface area (Å²) in [5, 5.41) is 6.64. The summed E-state index contributed by atoms with van der Waals surface area (Å²) in [7, 11) is 1.76. The third-order valence-electron chi connectivity index (χ3n) is 4.64. The zero-order valence-electron chi connectivity index (χ0n) is 13.5. The molecular formula is C17H25FIN3O. The quantitative estimate of drug-likeness (QED) is 0.427. The predicted octanol–water partition coefficient (Wildman–Crippen LogP) is 2.82. The Balaban J connectivity index is 0.00000192.